The highest BCUT2D eigenvalue weighted by atomic mass is 32.2. The number of hydrogen-bond donors (Lipinski definition) is 1. The molecule has 1 heterocycles. The van der Waals surface area contributed by atoms with Crippen molar-refractivity contribution < 1.29 is 28.7 Å². The normalized spacial score (nSPS) is 17.4. The Kier molecular flexibility index (Phi) is 7.58. The molecule has 2 N–H and O–H groups in total. The molecule has 7 nitrogen and oxygen atoms in total. The van der Waals surface area contributed by atoms with Crippen LogP contribution in [0.25, 0.3) is 0 Å². The van der Waals surface area contributed by atoms with E-state index >= 15 is 0 Å². The highest BCUT2D eigenvalue weighted by Gasteiger charge is 2.35. The van der Waals surface area contributed by atoms with Gasteiger partial charge in [-0.05, 0) is 18.2 Å². The Morgan fingerprint density at radius 3 is 2.42 bits per heavy atom. The topological polar surface area (TPSA) is 113 Å². The molecule has 174 valence electrons. The molecule has 1 aliphatic heterocycles. The summed E-state index contributed by atoms with van der Waals surface area (Å²) in [7, 11) is 0. The van der Waals surface area contributed by atoms with E-state index in [4.69, 9.17) is 15.2 Å². The second-order valence-corrected chi connectivity index (χ2v) is 9.85. The third kappa shape index (κ3) is 6.01. The predicted molar refractivity (Wildman–Crippen MR) is 124 cm³/mol. The van der Waals surface area contributed by atoms with Gasteiger partial charge in [-0.3, -0.25) is 14.4 Å². The Bertz CT molecular complexity index is 1070. The zero-order valence-electron chi connectivity index (χ0n) is 18.8. The average Bonchev–Trinajstić information content (AvgIpc) is 2.79. The highest BCUT2D eigenvalue weighted by molar-refractivity contribution is 8.00. The van der Waals surface area contributed by atoms with E-state index in [1.54, 1.807) is 63.2 Å². The summed E-state index contributed by atoms with van der Waals surface area (Å²) in [6.07, 6.45) is -0.703. The Morgan fingerprint density at radius 2 is 1.73 bits per heavy atom. The van der Waals surface area contributed by atoms with Crippen LogP contribution in [0.5, 0.6) is 5.75 Å². The Balaban J connectivity index is 1.70. The molecule has 0 saturated carbocycles. The van der Waals surface area contributed by atoms with Gasteiger partial charge >= 0.3 is 5.97 Å². The summed E-state index contributed by atoms with van der Waals surface area (Å²) >= 11 is 1.21. The smallest absolute Gasteiger partial charge is 0.339 e. The van der Waals surface area contributed by atoms with Gasteiger partial charge in [-0.1, -0.05) is 51.1 Å². The zero-order chi connectivity index (χ0) is 24.2. The molecule has 0 aromatic heterocycles. The van der Waals surface area contributed by atoms with Gasteiger partial charge in [0.05, 0.1) is 17.2 Å². The van der Waals surface area contributed by atoms with E-state index in [0.29, 0.717) is 21.8 Å². The minimum absolute atomic E-state index is 0.0791. The molecule has 0 radical (unpaired) electrons. The first-order chi connectivity index (χ1) is 15.6. The number of esters is 1. The maximum Gasteiger partial charge on any atom is 0.339 e. The summed E-state index contributed by atoms with van der Waals surface area (Å²) in [5, 5.41) is 0. The number of primary amides is 1. The van der Waals surface area contributed by atoms with E-state index < -0.39 is 29.3 Å². The van der Waals surface area contributed by atoms with Crippen LogP contribution in [0.3, 0.4) is 0 Å². The molecule has 2 aromatic carbocycles. The van der Waals surface area contributed by atoms with Crippen molar-refractivity contribution in [2.75, 3.05) is 12.4 Å². The number of para-hydroxylation sites is 1. The van der Waals surface area contributed by atoms with Crippen LogP contribution in [0.15, 0.2) is 53.4 Å². The predicted octanol–water partition coefficient (Wildman–Crippen LogP) is 3.54. The van der Waals surface area contributed by atoms with Crippen LogP contribution in [0.1, 0.15) is 49.0 Å². The Labute approximate surface area is 197 Å². The van der Waals surface area contributed by atoms with Crippen molar-refractivity contribution in [1.82, 2.24) is 0 Å². The van der Waals surface area contributed by atoms with Gasteiger partial charge in [0.15, 0.2) is 24.3 Å². The first-order valence-corrected chi connectivity index (χ1v) is 11.6. The van der Waals surface area contributed by atoms with Crippen molar-refractivity contribution in [3.8, 4) is 5.75 Å². The lowest BCUT2D eigenvalue weighted by molar-refractivity contribution is -0.129. The van der Waals surface area contributed by atoms with Crippen LogP contribution < -0.4 is 10.5 Å². The van der Waals surface area contributed by atoms with Crippen LogP contribution in [-0.2, 0) is 19.1 Å². The van der Waals surface area contributed by atoms with Gasteiger partial charge in [-0.25, -0.2) is 4.79 Å². The largest absolute Gasteiger partial charge is 0.480 e. The molecule has 1 amide bonds. The van der Waals surface area contributed by atoms with E-state index in [2.05, 4.69) is 0 Å². The quantitative estimate of drug-likeness (QED) is 0.465. The standard InChI is InChI=1S/C25H27NO6S/c1-25(2,3)22(28)13-31-24(30)16-9-5-7-11-21(16)33-14-18(27)17-12-20(23(26)29)32-19-10-6-4-8-15(17)19/h4-11,17,20H,12-14H2,1-3H3,(H2,26,29)/t17?,20-/m0/s1. The van der Waals surface area contributed by atoms with Gasteiger partial charge in [-0.15, -0.1) is 11.8 Å². The van der Waals surface area contributed by atoms with Gasteiger partial charge in [0, 0.05) is 22.3 Å². The maximum atomic E-state index is 13.1. The van der Waals surface area contributed by atoms with Gasteiger partial charge in [0.2, 0.25) is 0 Å². The van der Waals surface area contributed by atoms with E-state index in [-0.39, 0.29) is 30.3 Å². The van der Waals surface area contributed by atoms with Crippen molar-refractivity contribution in [2.45, 2.75) is 44.1 Å². The molecule has 0 aliphatic carbocycles. The zero-order valence-corrected chi connectivity index (χ0v) is 19.6. The number of amides is 1. The summed E-state index contributed by atoms with van der Waals surface area (Å²) in [6, 6.07) is 13.9. The molecular formula is C25H27NO6S. The Hall–Kier alpha value is -3.13. The lowest BCUT2D eigenvalue weighted by Crippen LogP contribution is -2.39. The summed E-state index contributed by atoms with van der Waals surface area (Å²) in [5.41, 5.74) is 5.83. The van der Waals surface area contributed by atoms with Crippen LogP contribution >= 0.6 is 11.8 Å². The number of carbonyl (C=O) groups excluding carboxylic acids is 4. The fourth-order valence-electron chi connectivity index (χ4n) is 3.33. The molecule has 0 saturated heterocycles. The monoisotopic (exact) mass is 469 g/mol. The minimum atomic E-state index is -0.874. The highest BCUT2D eigenvalue weighted by Crippen LogP contribution is 2.38. The van der Waals surface area contributed by atoms with Gasteiger partial charge in [0.1, 0.15) is 5.75 Å². The average molecular weight is 470 g/mol. The third-order valence-corrected chi connectivity index (χ3v) is 6.46. The minimum Gasteiger partial charge on any atom is -0.480 e. The van der Waals surface area contributed by atoms with Crippen LogP contribution in [0, 0.1) is 5.41 Å². The number of hydrogen-bond acceptors (Lipinski definition) is 7. The van der Waals surface area contributed by atoms with Crippen molar-refractivity contribution in [2.24, 2.45) is 11.1 Å². The van der Waals surface area contributed by atoms with E-state index in [1.807, 2.05) is 6.07 Å². The first kappa shape index (κ1) is 24.5. The van der Waals surface area contributed by atoms with Crippen molar-refractivity contribution >= 4 is 35.2 Å². The second kappa shape index (κ2) is 10.2. The van der Waals surface area contributed by atoms with Gasteiger partial charge in [0.25, 0.3) is 5.91 Å². The number of carbonyl (C=O) groups is 4. The number of fused-ring (bicyclic) bond motifs is 1. The van der Waals surface area contributed by atoms with Crippen molar-refractivity contribution in [3.63, 3.8) is 0 Å². The third-order valence-electron chi connectivity index (χ3n) is 5.37. The van der Waals surface area contributed by atoms with Crippen molar-refractivity contribution in [3.05, 3.63) is 59.7 Å². The molecule has 33 heavy (non-hydrogen) atoms. The number of ether oxygens (including phenoxy) is 2. The number of benzene rings is 2. The van der Waals surface area contributed by atoms with Crippen molar-refractivity contribution in [1.29, 1.82) is 0 Å². The fourth-order valence-corrected chi connectivity index (χ4v) is 4.31. The summed E-state index contributed by atoms with van der Waals surface area (Å²) in [6.45, 7) is 4.97. The Morgan fingerprint density at radius 1 is 1.06 bits per heavy atom. The number of ketones is 2. The van der Waals surface area contributed by atoms with Gasteiger partial charge < -0.3 is 15.2 Å². The summed E-state index contributed by atoms with van der Waals surface area (Å²) < 4.78 is 10.8. The molecule has 2 atom stereocenters. The number of thioether (sulfide) groups is 1. The van der Waals surface area contributed by atoms with E-state index in [1.165, 1.54) is 11.8 Å². The van der Waals surface area contributed by atoms with E-state index in [0.717, 1.165) is 0 Å². The molecule has 0 spiro atoms. The second-order valence-electron chi connectivity index (χ2n) is 8.84. The fraction of sp³-hybridized carbons (Fsp3) is 0.360. The van der Waals surface area contributed by atoms with Crippen LogP contribution in [0.2, 0.25) is 0 Å². The molecule has 2 aromatic rings. The SMILES string of the molecule is CC(C)(C)C(=O)COC(=O)c1ccccc1SCC(=O)C1C[C@@H](C(N)=O)Oc2ccccc21. The molecule has 0 bridgehead atoms. The van der Waals surface area contributed by atoms with E-state index in [9.17, 15) is 19.2 Å². The van der Waals surface area contributed by atoms with Crippen LogP contribution in [0.4, 0.5) is 0 Å². The number of Topliss-reactive ketones (excluding diaryl/α,β-unsaturated/α-hetero) is 2. The molecule has 8 heteroatoms. The maximum absolute atomic E-state index is 13.1. The molecule has 3 rings (SSSR count). The molecule has 1 unspecified atom stereocenters. The number of nitrogens with two attached hydrogens (primary N) is 1. The molecule has 0 fully saturated rings. The van der Waals surface area contributed by atoms with Gasteiger partial charge in [-0.2, -0.15) is 0 Å². The summed E-state index contributed by atoms with van der Waals surface area (Å²) in [4.78, 5) is 50.1. The molecular weight excluding hydrogens is 442 g/mol. The summed E-state index contributed by atoms with van der Waals surface area (Å²) in [5.74, 6) is -1.50. The lowest BCUT2D eigenvalue weighted by Gasteiger charge is -2.29. The van der Waals surface area contributed by atoms with Crippen LogP contribution in [-0.4, -0.2) is 41.9 Å². The molecule has 1 aliphatic rings. The lowest BCUT2D eigenvalue weighted by atomic mass is 9.87. The number of rotatable bonds is 8. The first-order valence-electron chi connectivity index (χ1n) is 10.6.